The number of hydrogen-bond donors (Lipinski definition) is 2. The second kappa shape index (κ2) is 8.09. The van der Waals surface area contributed by atoms with Crippen LogP contribution in [0.4, 0.5) is 4.79 Å². The molecule has 31 heavy (non-hydrogen) atoms. The van der Waals surface area contributed by atoms with Crippen molar-refractivity contribution < 1.29 is 18.8 Å². The van der Waals surface area contributed by atoms with E-state index in [0.717, 1.165) is 31.4 Å². The van der Waals surface area contributed by atoms with Gasteiger partial charge in [0.25, 0.3) is 0 Å². The summed E-state index contributed by atoms with van der Waals surface area (Å²) >= 11 is 0. The Labute approximate surface area is 185 Å². The van der Waals surface area contributed by atoms with Crippen molar-refractivity contribution >= 4 is 13.2 Å². The van der Waals surface area contributed by atoms with Crippen LogP contribution in [0, 0.1) is 17.3 Å². The van der Waals surface area contributed by atoms with E-state index >= 15 is 0 Å². The lowest BCUT2D eigenvalue weighted by molar-refractivity contribution is -0.199. The summed E-state index contributed by atoms with van der Waals surface area (Å²) < 4.78 is 18.7. The molecule has 1 aromatic carbocycles. The van der Waals surface area contributed by atoms with E-state index < -0.39 is 13.2 Å². The number of carbonyl (C=O) groups is 1. The van der Waals surface area contributed by atoms with Gasteiger partial charge in [0.15, 0.2) is 0 Å². The molecular formula is C24H35BN2O4. The van der Waals surface area contributed by atoms with Gasteiger partial charge in [0.2, 0.25) is 0 Å². The third-order valence-electron chi connectivity index (χ3n) is 8.48. The molecule has 6 atom stereocenters. The molecule has 2 bridgehead atoms. The van der Waals surface area contributed by atoms with Crippen LogP contribution in [0.15, 0.2) is 30.3 Å². The number of carbonyl (C=O) groups excluding carboxylic acids is 1. The van der Waals surface area contributed by atoms with E-state index in [2.05, 4.69) is 43.5 Å². The molecule has 1 unspecified atom stereocenters. The van der Waals surface area contributed by atoms with Crippen LogP contribution in [0.1, 0.15) is 52.0 Å². The van der Waals surface area contributed by atoms with Gasteiger partial charge < -0.3 is 24.7 Å². The van der Waals surface area contributed by atoms with Crippen LogP contribution in [0.3, 0.4) is 0 Å². The quantitative estimate of drug-likeness (QED) is 0.683. The monoisotopic (exact) mass is 426 g/mol. The maximum absolute atomic E-state index is 12.7. The minimum Gasteiger partial charge on any atom is -0.448 e. The molecule has 1 aromatic rings. The van der Waals surface area contributed by atoms with Crippen LogP contribution in [-0.2, 0) is 20.5 Å². The third-order valence-corrected chi connectivity index (χ3v) is 8.48. The first-order valence-electron chi connectivity index (χ1n) is 11.9. The van der Waals surface area contributed by atoms with E-state index in [0.29, 0.717) is 30.3 Å². The highest BCUT2D eigenvalue weighted by atomic mass is 16.7. The molecule has 1 amide bonds. The van der Waals surface area contributed by atoms with E-state index in [9.17, 15) is 4.79 Å². The highest BCUT2D eigenvalue weighted by Crippen LogP contribution is 2.65. The first-order chi connectivity index (χ1) is 14.9. The first kappa shape index (κ1) is 21.3. The molecule has 0 aromatic heterocycles. The van der Waals surface area contributed by atoms with E-state index in [-0.39, 0.29) is 23.7 Å². The highest BCUT2D eigenvalue weighted by molar-refractivity contribution is 6.47. The van der Waals surface area contributed by atoms with Gasteiger partial charge in [0.05, 0.1) is 17.6 Å². The normalized spacial score (nSPS) is 36.4. The first-order valence-corrected chi connectivity index (χ1v) is 11.9. The third kappa shape index (κ3) is 3.89. The Hall–Kier alpha value is -1.57. The van der Waals surface area contributed by atoms with Gasteiger partial charge in [-0.05, 0) is 68.4 Å². The Balaban J connectivity index is 1.28. The Morgan fingerprint density at radius 1 is 1.29 bits per heavy atom. The Kier molecular flexibility index (Phi) is 5.56. The smallest absolute Gasteiger partial charge is 0.448 e. The van der Waals surface area contributed by atoms with Crippen molar-refractivity contribution in [2.24, 2.45) is 17.3 Å². The molecule has 5 aliphatic rings. The van der Waals surface area contributed by atoms with Crippen LogP contribution in [0.25, 0.3) is 0 Å². The van der Waals surface area contributed by atoms with Crippen molar-refractivity contribution in [3.8, 4) is 0 Å². The second-order valence-corrected chi connectivity index (χ2v) is 10.7. The largest absolute Gasteiger partial charge is 0.482 e. The lowest BCUT2D eigenvalue weighted by atomic mass is 9.43. The Bertz CT molecular complexity index is 800. The zero-order valence-corrected chi connectivity index (χ0v) is 18.9. The van der Waals surface area contributed by atoms with Crippen LogP contribution in [0.5, 0.6) is 0 Å². The van der Waals surface area contributed by atoms with Gasteiger partial charge in [0.1, 0.15) is 6.61 Å². The number of benzene rings is 1. The van der Waals surface area contributed by atoms with Crippen LogP contribution >= 0.6 is 0 Å². The zero-order chi connectivity index (χ0) is 21.6. The molecule has 3 saturated carbocycles. The topological polar surface area (TPSA) is 68.8 Å². The number of rotatable bonds is 6. The van der Waals surface area contributed by atoms with Crippen molar-refractivity contribution in [2.75, 3.05) is 13.2 Å². The maximum Gasteiger partial charge on any atom is 0.482 e. The van der Waals surface area contributed by atoms with Gasteiger partial charge in [-0.1, -0.05) is 44.2 Å². The lowest BCUT2D eigenvalue weighted by Gasteiger charge is -2.64. The number of alkyl carbamates (subject to hydrolysis) is 1. The zero-order valence-electron chi connectivity index (χ0n) is 18.9. The van der Waals surface area contributed by atoms with Gasteiger partial charge in [-0.2, -0.15) is 0 Å². The molecular weight excluding hydrogens is 391 g/mol. The van der Waals surface area contributed by atoms with Gasteiger partial charge in [-0.3, -0.25) is 0 Å². The average Bonchev–Trinajstić information content (AvgIpc) is 3.39. The van der Waals surface area contributed by atoms with Crippen molar-refractivity contribution in [1.29, 1.82) is 0 Å². The fourth-order valence-electron chi connectivity index (χ4n) is 6.42. The Morgan fingerprint density at radius 3 is 2.81 bits per heavy atom. The summed E-state index contributed by atoms with van der Waals surface area (Å²) in [4.78, 5) is 12.7. The number of hydrogen-bond acceptors (Lipinski definition) is 5. The van der Waals surface area contributed by atoms with E-state index in [4.69, 9.17) is 14.0 Å². The molecule has 0 radical (unpaired) electrons. The molecule has 7 heteroatoms. The summed E-state index contributed by atoms with van der Waals surface area (Å²) in [6.45, 7) is 8.32. The number of amides is 1. The predicted octanol–water partition coefficient (Wildman–Crippen LogP) is 3.34. The molecule has 2 saturated heterocycles. The van der Waals surface area contributed by atoms with Gasteiger partial charge in [0, 0.05) is 6.04 Å². The average molecular weight is 426 g/mol. The highest BCUT2D eigenvalue weighted by Gasteiger charge is 2.68. The van der Waals surface area contributed by atoms with E-state index in [1.807, 2.05) is 18.2 Å². The minimum absolute atomic E-state index is 0.0908. The van der Waals surface area contributed by atoms with Crippen LogP contribution < -0.4 is 10.6 Å². The summed E-state index contributed by atoms with van der Waals surface area (Å²) in [5.74, 6) is 0.892. The summed E-state index contributed by atoms with van der Waals surface area (Å²) in [5, 5.41) is 6.43. The fourth-order valence-corrected chi connectivity index (χ4v) is 6.42. The number of nitrogens with one attached hydrogen (secondary N) is 2. The summed E-state index contributed by atoms with van der Waals surface area (Å²) in [6.07, 6.45) is 4.76. The maximum atomic E-state index is 12.7. The Morgan fingerprint density at radius 2 is 2.10 bits per heavy atom. The molecule has 3 aliphatic carbocycles. The van der Waals surface area contributed by atoms with Gasteiger partial charge >= 0.3 is 13.2 Å². The van der Waals surface area contributed by atoms with Crippen LogP contribution in [0.2, 0.25) is 0 Å². The molecule has 6 nitrogen and oxygen atoms in total. The van der Waals surface area contributed by atoms with Crippen molar-refractivity contribution in [1.82, 2.24) is 10.6 Å². The van der Waals surface area contributed by atoms with E-state index in [1.165, 1.54) is 6.42 Å². The SMILES string of the molecule is CC1(C)[C@@H]2C[C@H]3OB([C@H](Cc4ccccc4)NC(=O)OCC4CCCN4)O[C@@]3(C)[C@H]1C2. The molecule has 2 N–H and O–H groups in total. The predicted molar refractivity (Wildman–Crippen MR) is 120 cm³/mol. The van der Waals surface area contributed by atoms with E-state index in [1.54, 1.807) is 0 Å². The summed E-state index contributed by atoms with van der Waals surface area (Å²) in [7, 11) is -0.470. The molecule has 6 rings (SSSR count). The summed E-state index contributed by atoms with van der Waals surface area (Å²) in [5.41, 5.74) is 1.14. The molecule has 2 heterocycles. The minimum atomic E-state index is -0.470. The van der Waals surface area contributed by atoms with Crippen molar-refractivity contribution in [3.63, 3.8) is 0 Å². The van der Waals surface area contributed by atoms with Crippen molar-refractivity contribution in [3.05, 3.63) is 35.9 Å². The molecule has 0 spiro atoms. The van der Waals surface area contributed by atoms with Crippen LogP contribution in [-0.4, -0.2) is 50.1 Å². The fraction of sp³-hybridized carbons (Fsp3) is 0.708. The lowest BCUT2D eigenvalue weighted by Crippen LogP contribution is -2.65. The molecule has 2 aliphatic heterocycles. The standard InChI is InChI=1S/C24H35BN2O4/c1-23(2)17-13-19(23)24(3)20(14-17)30-25(31-24)21(12-16-8-5-4-6-9-16)27-22(28)29-15-18-10-7-11-26-18/h4-6,8-9,17-21,26H,7,10-15H2,1-3H3,(H,27,28)/t17-,18?,19-,20+,21-,24-/m0/s1. The summed E-state index contributed by atoms with van der Waals surface area (Å²) in [6, 6.07) is 10.4. The van der Waals surface area contributed by atoms with Crippen molar-refractivity contribution in [2.45, 2.75) is 76.6 Å². The molecule has 168 valence electrons. The van der Waals surface area contributed by atoms with Gasteiger partial charge in [-0.15, -0.1) is 0 Å². The number of ether oxygens (including phenoxy) is 1. The second-order valence-electron chi connectivity index (χ2n) is 10.7. The molecule has 5 fully saturated rings. The van der Waals surface area contributed by atoms with Gasteiger partial charge in [-0.25, -0.2) is 4.79 Å².